The van der Waals surface area contributed by atoms with Crippen LogP contribution in [-0.4, -0.2) is 8.42 Å². The number of thiophene rings is 3. The molecule has 27 heavy (non-hydrogen) atoms. The summed E-state index contributed by atoms with van der Waals surface area (Å²) in [5.41, 5.74) is 1.02. The van der Waals surface area contributed by atoms with Crippen LogP contribution in [0.3, 0.4) is 0 Å². The van der Waals surface area contributed by atoms with Crippen LogP contribution in [0.1, 0.15) is 5.56 Å². The van der Waals surface area contributed by atoms with Gasteiger partial charge in [-0.05, 0) is 53.4 Å². The fourth-order valence-electron chi connectivity index (χ4n) is 2.73. The number of hydrogen-bond donors (Lipinski definition) is 0. The number of hydrogen-bond acceptors (Lipinski definition) is 5. The SMILES string of the molecule is Cc1ccc(S(=O)(=O)N=P(c2cccs2)(c2cccs2)c2cccs2)cc1. The molecule has 0 N–H and O–H groups in total. The molecular formula is C19H16NO2PS4. The first-order valence-electron chi connectivity index (χ1n) is 8.10. The Hall–Kier alpha value is -1.50. The van der Waals surface area contributed by atoms with Gasteiger partial charge in [0.1, 0.15) is 7.05 Å². The summed E-state index contributed by atoms with van der Waals surface area (Å²) in [6, 6.07) is 18.8. The highest BCUT2D eigenvalue weighted by molar-refractivity contribution is 8.04. The summed E-state index contributed by atoms with van der Waals surface area (Å²) in [5.74, 6) is 0. The molecular weight excluding hydrogens is 433 g/mol. The van der Waals surface area contributed by atoms with Crippen LogP contribution in [0.5, 0.6) is 0 Å². The van der Waals surface area contributed by atoms with E-state index in [1.54, 1.807) is 46.1 Å². The first kappa shape index (κ1) is 18.8. The second-order valence-electron chi connectivity index (χ2n) is 5.86. The number of aryl methyl sites for hydroxylation is 1. The quantitative estimate of drug-likeness (QED) is 0.401. The van der Waals surface area contributed by atoms with Crippen LogP contribution in [0.4, 0.5) is 0 Å². The lowest BCUT2D eigenvalue weighted by molar-refractivity contribution is 0.598. The van der Waals surface area contributed by atoms with E-state index >= 15 is 0 Å². The summed E-state index contributed by atoms with van der Waals surface area (Å²) in [4.78, 5) is 0.238. The van der Waals surface area contributed by atoms with Crippen LogP contribution in [0, 0.1) is 6.92 Å². The summed E-state index contributed by atoms with van der Waals surface area (Å²) in [6.07, 6.45) is 0. The van der Waals surface area contributed by atoms with Crippen LogP contribution in [0.2, 0.25) is 0 Å². The third-order valence-electron chi connectivity index (χ3n) is 4.02. The molecule has 1 aromatic carbocycles. The molecule has 0 saturated heterocycles. The predicted octanol–water partition coefficient (Wildman–Crippen LogP) is 5.05. The van der Waals surface area contributed by atoms with E-state index in [2.05, 4.69) is 4.15 Å². The van der Waals surface area contributed by atoms with Crippen molar-refractivity contribution in [3.05, 3.63) is 82.4 Å². The molecule has 0 amide bonds. The molecule has 0 fully saturated rings. The number of benzene rings is 1. The molecule has 0 aliphatic carbocycles. The molecule has 0 radical (unpaired) electrons. The Kier molecular flexibility index (Phi) is 5.23. The van der Waals surface area contributed by atoms with Gasteiger partial charge in [-0.3, -0.25) is 0 Å². The maximum absolute atomic E-state index is 13.3. The molecule has 4 rings (SSSR count). The molecule has 8 heteroatoms. The van der Waals surface area contributed by atoms with Crippen LogP contribution in [0.15, 0.2) is 85.8 Å². The zero-order valence-corrected chi connectivity index (χ0v) is 18.5. The molecule has 138 valence electrons. The van der Waals surface area contributed by atoms with E-state index in [0.717, 1.165) is 19.4 Å². The molecule has 0 unspecified atom stereocenters. The van der Waals surface area contributed by atoms with Gasteiger partial charge in [0.25, 0.3) is 10.0 Å². The summed E-state index contributed by atoms with van der Waals surface area (Å²) in [7, 11) is -6.43. The van der Waals surface area contributed by atoms with Crippen molar-refractivity contribution in [3.8, 4) is 0 Å². The van der Waals surface area contributed by atoms with Gasteiger partial charge >= 0.3 is 0 Å². The third kappa shape index (κ3) is 3.50. The highest BCUT2D eigenvalue weighted by Crippen LogP contribution is 2.51. The predicted molar refractivity (Wildman–Crippen MR) is 120 cm³/mol. The summed E-state index contributed by atoms with van der Waals surface area (Å²) < 4.78 is 34.3. The van der Waals surface area contributed by atoms with Crippen molar-refractivity contribution in [2.24, 2.45) is 4.15 Å². The smallest absolute Gasteiger partial charge is 0.199 e. The summed E-state index contributed by atoms with van der Waals surface area (Å²) >= 11 is 4.71. The Morgan fingerprint density at radius 3 is 1.56 bits per heavy atom. The van der Waals surface area contributed by atoms with E-state index in [4.69, 9.17) is 0 Å². The van der Waals surface area contributed by atoms with Crippen molar-refractivity contribution in [2.45, 2.75) is 11.8 Å². The average molecular weight is 450 g/mol. The van der Waals surface area contributed by atoms with Crippen LogP contribution in [0.25, 0.3) is 0 Å². The zero-order valence-electron chi connectivity index (χ0n) is 14.3. The number of rotatable bonds is 5. The largest absolute Gasteiger partial charge is 0.281 e. The van der Waals surface area contributed by atoms with Gasteiger partial charge in [0.15, 0.2) is 0 Å². The van der Waals surface area contributed by atoms with Crippen LogP contribution >= 0.6 is 41.1 Å². The molecule has 0 aliphatic rings. The molecule has 0 aliphatic heterocycles. The normalized spacial score (nSPS) is 12.2. The van der Waals surface area contributed by atoms with Crippen molar-refractivity contribution < 1.29 is 8.42 Å². The Labute approximate surface area is 171 Å². The summed E-state index contributed by atoms with van der Waals surface area (Å²) in [5, 5.41) is 5.96. The fourth-order valence-corrected chi connectivity index (χ4v) is 14.3. The van der Waals surface area contributed by atoms with Gasteiger partial charge in [-0.15, -0.1) is 34.0 Å². The van der Waals surface area contributed by atoms with Crippen molar-refractivity contribution in [3.63, 3.8) is 0 Å². The minimum Gasteiger partial charge on any atom is -0.199 e. The molecule has 0 spiro atoms. The minimum absolute atomic E-state index is 0.238. The van der Waals surface area contributed by atoms with E-state index < -0.39 is 17.1 Å². The van der Waals surface area contributed by atoms with Gasteiger partial charge in [-0.2, -0.15) is 12.6 Å². The Bertz CT molecular complexity index is 1080. The Balaban J connectivity index is 2.07. The van der Waals surface area contributed by atoms with E-state index in [1.165, 1.54) is 0 Å². The molecule has 0 saturated carbocycles. The van der Waals surface area contributed by atoms with Crippen molar-refractivity contribution in [2.75, 3.05) is 0 Å². The third-order valence-corrected chi connectivity index (χ3v) is 14.4. The molecule has 3 heterocycles. The van der Waals surface area contributed by atoms with Crippen molar-refractivity contribution >= 4 is 64.9 Å². The highest BCUT2D eigenvalue weighted by Gasteiger charge is 2.33. The zero-order chi connectivity index (χ0) is 18.9. The first-order valence-corrected chi connectivity index (χ1v) is 13.9. The minimum atomic E-state index is -3.82. The monoisotopic (exact) mass is 449 g/mol. The maximum Gasteiger partial charge on any atom is 0.281 e. The number of nitrogens with zero attached hydrogens (tertiary/aromatic N) is 1. The molecule has 0 bridgehead atoms. The maximum atomic E-state index is 13.3. The van der Waals surface area contributed by atoms with Crippen molar-refractivity contribution in [1.29, 1.82) is 0 Å². The van der Waals surface area contributed by atoms with Gasteiger partial charge in [-0.1, -0.05) is 35.9 Å². The van der Waals surface area contributed by atoms with E-state index in [1.807, 2.05) is 71.6 Å². The van der Waals surface area contributed by atoms with Gasteiger partial charge < -0.3 is 0 Å². The first-order chi connectivity index (χ1) is 13.0. The van der Waals surface area contributed by atoms with Crippen LogP contribution < -0.4 is 13.9 Å². The van der Waals surface area contributed by atoms with Gasteiger partial charge in [0, 0.05) is 0 Å². The summed E-state index contributed by atoms with van der Waals surface area (Å²) in [6.45, 7) is 1.94. The van der Waals surface area contributed by atoms with Crippen molar-refractivity contribution in [1.82, 2.24) is 0 Å². The lowest BCUT2D eigenvalue weighted by atomic mass is 10.2. The lowest BCUT2D eigenvalue weighted by Gasteiger charge is -2.21. The van der Waals surface area contributed by atoms with E-state index in [0.29, 0.717) is 0 Å². The van der Waals surface area contributed by atoms with Crippen LogP contribution in [-0.2, 0) is 10.0 Å². The highest BCUT2D eigenvalue weighted by atomic mass is 32.2. The molecule has 4 aromatic rings. The van der Waals surface area contributed by atoms with E-state index in [9.17, 15) is 8.42 Å². The topological polar surface area (TPSA) is 46.5 Å². The number of sulfonamides is 1. The standard InChI is InChI=1S/C19H16NO2PS4/c1-15-8-10-16(11-9-15)27(21,22)20-23(17-5-2-12-24-17,18-6-3-13-25-18)19-7-4-14-26-19/h2-14H,1H3. The van der Waals surface area contributed by atoms with Gasteiger partial charge in [-0.25, -0.2) is 0 Å². The fraction of sp³-hybridized carbons (Fsp3) is 0.0526. The second kappa shape index (κ2) is 7.49. The van der Waals surface area contributed by atoms with Gasteiger partial charge in [0.05, 0.1) is 18.8 Å². The Morgan fingerprint density at radius 2 is 1.19 bits per heavy atom. The lowest BCUT2D eigenvalue weighted by Crippen LogP contribution is -2.21. The van der Waals surface area contributed by atoms with Gasteiger partial charge in [0.2, 0.25) is 0 Å². The average Bonchev–Trinajstić information content (AvgIpc) is 3.44. The molecule has 0 atom stereocenters. The Morgan fingerprint density at radius 1 is 0.741 bits per heavy atom. The second-order valence-corrected chi connectivity index (χ2v) is 14.4. The molecule has 3 aromatic heterocycles. The molecule has 3 nitrogen and oxygen atoms in total. The van der Waals surface area contributed by atoms with E-state index in [-0.39, 0.29) is 4.90 Å².